The van der Waals surface area contributed by atoms with E-state index in [-0.39, 0.29) is 5.82 Å². The van der Waals surface area contributed by atoms with Crippen molar-refractivity contribution >= 4 is 11.6 Å². The van der Waals surface area contributed by atoms with Crippen LogP contribution in [0.4, 0.5) is 0 Å². The topological polar surface area (TPSA) is 104 Å². The first-order valence-electron chi connectivity index (χ1n) is 9.30. The molecule has 1 aliphatic heterocycles. The highest BCUT2D eigenvalue weighted by Gasteiger charge is 2.23. The Hall–Kier alpha value is -3.55. The molecule has 8 heteroatoms. The highest BCUT2D eigenvalue weighted by molar-refractivity contribution is 5.90. The molecule has 140 valence electrons. The second-order valence-electron chi connectivity index (χ2n) is 7.03. The van der Waals surface area contributed by atoms with Crippen molar-refractivity contribution < 1.29 is 4.79 Å². The maximum Gasteiger partial charge on any atom is 0.287 e. The lowest BCUT2D eigenvalue weighted by Crippen LogP contribution is -2.15. The predicted molar refractivity (Wildman–Crippen MR) is 104 cm³/mol. The fourth-order valence-corrected chi connectivity index (χ4v) is 3.83. The number of imidazole rings is 1. The van der Waals surface area contributed by atoms with E-state index in [4.69, 9.17) is 10.7 Å². The van der Waals surface area contributed by atoms with E-state index < -0.39 is 5.91 Å². The summed E-state index contributed by atoms with van der Waals surface area (Å²) in [5.74, 6) is 0.574. The van der Waals surface area contributed by atoms with Crippen LogP contribution in [0.1, 0.15) is 35.0 Å². The standard InChI is InChI=1S/C20H19N7O/c1-12-5-4-6-14(22-12)17-18(26-10-3-2-7-15(26)23-17)13-8-9-16-24-25-20(19(21)28)27(16)11-13/h4-6,8-9,11H,2-3,7,10H2,1H3,(H2,21,28). The highest BCUT2D eigenvalue weighted by Crippen LogP contribution is 2.34. The molecule has 0 unspecified atom stereocenters. The van der Waals surface area contributed by atoms with Crippen LogP contribution in [0.3, 0.4) is 0 Å². The number of aromatic nitrogens is 6. The second kappa shape index (κ2) is 6.26. The molecule has 0 atom stereocenters. The van der Waals surface area contributed by atoms with Crippen molar-refractivity contribution in [1.29, 1.82) is 0 Å². The Bertz CT molecular complexity index is 1220. The van der Waals surface area contributed by atoms with Crippen LogP contribution in [0.5, 0.6) is 0 Å². The third-order valence-electron chi connectivity index (χ3n) is 5.11. The normalized spacial score (nSPS) is 13.6. The lowest BCUT2D eigenvalue weighted by atomic mass is 10.1. The maximum atomic E-state index is 11.7. The van der Waals surface area contributed by atoms with Gasteiger partial charge in [0.15, 0.2) is 5.65 Å². The van der Waals surface area contributed by atoms with Gasteiger partial charge in [-0.3, -0.25) is 14.2 Å². The number of aryl methyl sites for hydroxylation is 2. The Morgan fingerprint density at radius 1 is 1.11 bits per heavy atom. The van der Waals surface area contributed by atoms with E-state index in [1.54, 1.807) is 4.40 Å². The monoisotopic (exact) mass is 373 g/mol. The summed E-state index contributed by atoms with van der Waals surface area (Å²) in [7, 11) is 0. The lowest BCUT2D eigenvalue weighted by Gasteiger charge is -2.17. The molecule has 0 saturated carbocycles. The largest absolute Gasteiger partial charge is 0.363 e. The second-order valence-corrected chi connectivity index (χ2v) is 7.03. The summed E-state index contributed by atoms with van der Waals surface area (Å²) in [6.07, 6.45) is 5.04. The van der Waals surface area contributed by atoms with Gasteiger partial charge in [0.1, 0.15) is 11.5 Å². The summed E-state index contributed by atoms with van der Waals surface area (Å²) in [6.45, 7) is 2.88. The van der Waals surface area contributed by atoms with Crippen LogP contribution < -0.4 is 5.73 Å². The molecule has 4 aromatic heterocycles. The van der Waals surface area contributed by atoms with Crippen LogP contribution in [0, 0.1) is 6.92 Å². The van der Waals surface area contributed by atoms with Crippen molar-refractivity contribution in [3.05, 3.63) is 53.9 Å². The Balaban J connectivity index is 1.77. The number of carbonyl (C=O) groups excluding carboxylic acids is 1. The van der Waals surface area contributed by atoms with Crippen molar-refractivity contribution in [2.75, 3.05) is 0 Å². The third kappa shape index (κ3) is 2.57. The smallest absolute Gasteiger partial charge is 0.287 e. The van der Waals surface area contributed by atoms with Crippen molar-refractivity contribution in [3.63, 3.8) is 0 Å². The molecular formula is C20H19N7O. The molecule has 5 heterocycles. The number of nitrogens with zero attached hydrogens (tertiary/aromatic N) is 6. The van der Waals surface area contributed by atoms with Gasteiger partial charge >= 0.3 is 0 Å². The van der Waals surface area contributed by atoms with Crippen molar-refractivity contribution in [2.45, 2.75) is 32.7 Å². The van der Waals surface area contributed by atoms with Crippen LogP contribution >= 0.6 is 0 Å². The minimum atomic E-state index is -0.611. The third-order valence-corrected chi connectivity index (χ3v) is 5.11. The molecule has 1 amide bonds. The van der Waals surface area contributed by atoms with E-state index in [2.05, 4.69) is 19.7 Å². The van der Waals surface area contributed by atoms with Gasteiger partial charge in [0, 0.05) is 30.4 Å². The average molecular weight is 373 g/mol. The van der Waals surface area contributed by atoms with Crippen molar-refractivity contribution in [2.24, 2.45) is 5.73 Å². The Labute approximate surface area is 161 Å². The van der Waals surface area contributed by atoms with Crippen LogP contribution in [0.2, 0.25) is 0 Å². The van der Waals surface area contributed by atoms with E-state index in [9.17, 15) is 4.79 Å². The molecule has 0 fully saturated rings. The molecule has 5 rings (SSSR count). The fourth-order valence-electron chi connectivity index (χ4n) is 3.83. The number of carbonyl (C=O) groups is 1. The summed E-state index contributed by atoms with van der Waals surface area (Å²) in [6, 6.07) is 9.77. The van der Waals surface area contributed by atoms with Crippen LogP contribution in [-0.2, 0) is 13.0 Å². The van der Waals surface area contributed by atoms with Crippen molar-refractivity contribution in [1.82, 2.24) is 29.1 Å². The van der Waals surface area contributed by atoms with Gasteiger partial charge in [-0.15, -0.1) is 10.2 Å². The molecule has 4 aromatic rings. The SMILES string of the molecule is Cc1cccc(-c2nc3n(c2-c2ccc4nnc(C(N)=O)n4c2)CCCC3)n1. The number of fused-ring (bicyclic) bond motifs is 2. The predicted octanol–water partition coefficient (Wildman–Crippen LogP) is 2.40. The molecule has 0 aliphatic carbocycles. The van der Waals surface area contributed by atoms with Gasteiger partial charge in [0.2, 0.25) is 5.82 Å². The molecule has 28 heavy (non-hydrogen) atoms. The molecule has 0 saturated heterocycles. The first-order valence-corrected chi connectivity index (χ1v) is 9.30. The van der Waals surface area contributed by atoms with E-state index in [0.29, 0.717) is 5.65 Å². The van der Waals surface area contributed by atoms with E-state index >= 15 is 0 Å². The molecule has 0 aromatic carbocycles. The first kappa shape index (κ1) is 16.6. The van der Waals surface area contributed by atoms with E-state index in [1.165, 1.54) is 0 Å². The zero-order chi connectivity index (χ0) is 19.3. The van der Waals surface area contributed by atoms with Crippen molar-refractivity contribution in [3.8, 4) is 22.6 Å². The van der Waals surface area contributed by atoms with Gasteiger partial charge in [-0.25, -0.2) is 4.98 Å². The zero-order valence-corrected chi connectivity index (χ0v) is 15.5. The van der Waals surface area contributed by atoms with Gasteiger partial charge in [0.25, 0.3) is 5.91 Å². The van der Waals surface area contributed by atoms with Gasteiger partial charge in [0.05, 0.1) is 11.4 Å². The molecule has 0 spiro atoms. The summed E-state index contributed by atoms with van der Waals surface area (Å²) < 4.78 is 3.90. The first-order chi connectivity index (χ1) is 13.6. The Kier molecular flexibility index (Phi) is 3.71. The number of hydrogen-bond donors (Lipinski definition) is 1. The zero-order valence-electron chi connectivity index (χ0n) is 15.5. The highest BCUT2D eigenvalue weighted by atomic mass is 16.1. The number of primary amides is 1. The Morgan fingerprint density at radius 3 is 2.82 bits per heavy atom. The van der Waals surface area contributed by atoms with E-state index in [0.717, 1.165) is 60.0 Å². The molecule has 2 N–H and O–H groups in total. The number of pyridine rings is 2. The minimum absolute atomic E-state index is 0.116. The summed E-state index contributed by atoms with van der Waals surface area (Å²) in [4.78, 5) is 21.3. The van der Waals surface area contributed by atoms with Gasteiger partial charge < -0.3 is 10.3 Å². The summed E-state index contributed by atoms with van der Waals surface area (Å²) in [5.41, 5.74) is 10.6. The Morgan fingerprint density at radius 2 is 2.00 bits per heavy atom. The van der Waals surface area contributed by atoms with Gasteiger partial charge in [-0.2, -0.15) is 0 Å². The number of amides is 1. The average Bonchev–Trinajstić information content (AvgIpc) is 3.29. The molecule has 8 nitrogen and oxygen atoms in total. The quantitative estimate of drug-likeness (QED) is 0.594. The fraction of sp³-hybridized carbons (Fsp3) is 0.250. The number of nitrogens with two attached hydrogens (primary N) is 1. The molecular weight excluding hydrogens is 354 g/mol. The maximum absolute atomic E-state index is 11.7. The van der Waals surface area contributed by atoms with Gasteiger partial charge in [-0.05, 0) is 44.0 Å². The van der Waals surface area contributed by atoms with E-state index in [1.807, 2.05) is 43.5 Å². The summed E-state index contributed by atoms with van der Waals surface area (Å²) >= 11 is 0. The van der Waals surface area contributed by atoms with Crippen LogP contribution in [0.25, 0.3) is 28.3 Å². The van der Waals surface area contributed by atoms with Crippen LogP contribution in [-0.4, -0.2) is 35.0 Å². The summed E-state index contributed by atoms with van der Waals surface area (Å²) in [5, 5.41) is 7.92. The minimum Gasteiger partial charge on any atom is -0.363 e. The number of hydrogen-bond acceptors (Lipinski definition) is 5. The molecule has 1 aliphatic rings. The lowest BCUT2D eigenvalue weighted by molar-refractivity contribution is 0.0989. The number of rotatable bonds is 3. The molecule has 0 bridgehead atoms. The molecule has 0 radical (unpaired) electrons. The van der Waals surface area contributed by atoms with Crippen LogP contribution in [0.15, 0.2) is 36.5 Å². The van der Waals surface area contributed by atoms with Gasteiger partial charge in [-0.1, -0.05) is 6.07 Å².